The lowest BCUT2D eigenvalue weighted by Gasteiger charge is -2.66. The van der Waals surface area contributed by atoms with Gasteiger partial charge in [-0.1, -0.05) is 46.8 Å². The Kier molecular flexibility index (Phi) is 6.64. The van der Waals surface area contributed by atoms with Crippen LogP contribution in [0.5, 0.6) is 0 Å². The smallest absolute Gasteiger partial charge is 0.0857 e. The van der Waals surface area contributed by atoms with Crippen molar-refractivity contribution in [3.63, 3.8) is 0 Å². The molecule has 4 fully saturated rings. The van der Waals surface area contributed by atoms with Gasteiger partial charge in [-0.15, -0.1) is 0 Å². The van der Waals surface area contributed by atoms with Gasteiger partial charge in [-0.3, -0.25) is 0 Å². The third-order valence-corrected chi connectivity index (χ3v) is 10.7. The molecule has 4 aliphatic rings. The molecule has 0 bridgehead atoms. The van der Waals surface area contributed by atoms with Crippen LogP contribution in [0.2, 0.25) is 0 Å². The summed E-state index contributed by atoms with van der Waals surface area (Å²) in [4.78, 5) is 0. The van der Waals surface area contributed by atoms with Crippen LogP contribution in [0, 0.1) is 46.3 Å². The van der Waals surface area contributed by atoms with Gasteiger partial charge in [0.1, 0.15) is 0 Å². The predicted molar refractivity (Wildman–Crippen MR) is 126 cm³/mol. The Bertz CT molecular complexity index is 755. The normalized spacial score (nSPS) is 54.1. The summed E-state index contributed by atoms with van der Waals surface area (Å²) >= 11 is 0. The Labute approximate surface area is 198 Å². The molecule has 6 nitrogen and oxygen atoms in total. The zero-order valence-corrected chi connectivity index (χ0v) is 20.9. The second-order valence-corrected chi connectivity index (χ2v) is 12.9. The molecule has 4 rings (SSSR count). The van der Waals surface area contributed by atoms with E-state index in [1.807, 2.05) is 19.9 Å². The van der Waals surface area contributed by atoms with Crippen LogP contribution in [-0.4, -0.2) is 66.8 Å². The first kappa shape index (κ1) is 25.6. The average Bonchev–Trinajstić information content (AvgIpc) is 3.00. The zero-order valence-electron chi connectivity index (χ0n) is 20.9. The average molecular weight is 467 g/mol. The van der Waals surface area contributed by atoms with Crippen molar-refractivity contribution < 1.29 is 30.6 Å². The van der Waals surface area contributed by atoms with E-state index in [0.717, 1.165) is 12.8 Å². The Balaban J connectivity index is 1.65. The summed E-state index contributed by atoms with van der Waals surface area (Å²) in [7, 11) is 0. The van der Waals surface area contributed by atoms with E-state index in [9.17, 15) is 30.6 Å². The Morgan fingerprint density at radius 1 is 0.848 bits per heavy atom. The first-order valence-corrected chi connectivity index (χ1v) is 13.1. The molecule has 33 heavy (non-hydrogen) atoms. The van der Waals surface area contributed by atoms with Gasteiger partial charge in [0.25, 0.3) is 0 Å². The molecule has 0 heterocycles. The minimum atomic E-state index is -1.21. The Morgan fingerprint density at radius 2 is 1.48 bits per heavy atom. The summed E-state index contributed by atoms with van der Waals surface area (Å²) in [5, 5.41) is 66.1. The van der Waals surface area contributed by atoms with Gasteiger partial charge in [-0.25, -0.2) is 0 Å². The molecule has 0 unspecified atom stereocenters. The van der Waals surface area contributed by atoms with Crippen molar-refractivity contribution in [2.75, 3.05) is 0 Å². The highest BCUT2D eigenvalue weighted by atomic mass is 16.3. The molecule has 4 aliphatic carbocycles. The summed E-state index contributed by atoms with van der Waals surface area (Å²) in [6.45, 7) is 10.4. The molecule has 0 aromatic heterocycles. The molecule has 0 amide bonds. The highest BCUT2D eigenvalue weighted by Crippen LogP contribution is 2.69. The van der Waals surface area contributed by atoms with Gasteiger partial charge in [0, 0.05) is 18.3 Å². The summed E-state index contributed by atoms with van der Waals surface area (Å²) < 4.78 is 0. The number of hydrogen-bond acceptors (Lipinski definition) is 6. The monoisotopic (exact) mass is 466 g/mol. The number of aliphatic hydroxyl groups excluding tert-OH is 5. The second kappa shape index (κ2) is 8.56. The number of fused-ring (bicyclic) bond motifs is 5. The van der Waals surface area contributed by atoms with Crippen LogP contribution in [0.1, 0.15) is 73.1 Å². The van der Waals surface area contributed by atoms with Crippen LogP contribution in [0.4, 0.5) is 0 Å². The molecule has 0 radical (unpaired) electrons. The standard InChI is InChI=1S/C27H46O6/c1-14(2)17(28)7-6-15(3)16-12-19(30)24-25(16,4)11-9-21-26(5)10-8-18(29)23(32)22(26)20(31)13-27(21,24)33/h6-7,14-24,28-33H,8-13H2,1-5H3/b7-6+/t15-,16-,17+,18+,19-,20+,21-,22+,23+,24-,25-,26-,27+/m1/s1. The fourth-order valence-corrected chi connectivity index (χ4v) is 9.09. The van der Waals surface area contributed by atoms with Crippen molar-refractivity contribution in [1.29, 1.82) is 0 Å². The van der Waals surface area contributed by atoms with Crippen molar-refractivity contribution >= 4 is 0 Å². The van der Waals surface area contributed by atoms with E-state index in [-0.39, 0.29) is 41.4 Å². The highest BCUT2D eigenvalue weighted by molar-refractivity contribution is 5.21. The van der Waals surface area contributed by atoms with Crippen molar-refractivity contribution in [3.05, 3.63) is 12.2 Å². The van der Waals surface area contributed by atoms with E-state index in [1.54, 1.807) is 0 Å². The van der Waals surface area contributed by atoms with Crippen LogP contribution in [0.25, 0.3) is 0 Å². The minimum Gasteiger partial charge on any atom is -0.393 e. The van der Waals surface area contributed by atoms with Crippen LogP contribution in [0.3, 0.4) is 0 Å². The zero-order chi connectivity index (χ0) is 24.5. The molecular formula is C27H46O6. The molecular weight excluding hydrogens is 420 g/mol. The van der Waals surface area contributed by atoms with Crippen molar-refractivity contribution in [2.45, 2.75) is 109 Å². The molecule has 190 valence electrons. The molecule has 6 heteroatoms. The van der Waals surface area contributed by atoms with Crippen LogP contribution < -0.4 is 0 Å². The van der Waals surface area contributed by atoms with Gasteiger partial charge >= 0.3 is 0 Å². The van der Waals surface area contributed by atoms with E-state index >= 15 is 0 Å². The molecule has 13 atom stereocenters. The molecule has 0 spiro atoms. The molecule has 6 N–H and O–H groups in total. The van der Waals surface area contributed by atoms with Gasteiger partial charge in [0.05, 0.1) is 36.1 Å². The van der Waals surface area contributed by atoms with Gasteiger partial charge in [-0.2, -0.15) is 0 Å². The van der Waals surface area contributed by atoms with E-state index in [1.165, 1.54) is 0 Å². The summed E-state index contributed by atoms with van der Waals surface area (Å²) in [5.41, 5.74) is -1.99. The topological polar surface area (TPSA) is 121 Å². The maximum absolute atomic E-state index is 12.3. The summed E-state index contributed by atoms with van der Waals surface area (Å²) in [6.07, 6.45) is 3.49. The first-order valence-electron chi connectivity index (χ1n) is 13.1. The maximum Gasteiger partial charge on any atom is 0.0857 e. The lowest BCUT2D eigenvalue weighted by atomic mass is 9.41. The van der Waals surface area contributed by atoms with Crippen LogP contribution >= 0.6 is 0 Å². The quantitative estimate of drug-likeness (QED) is 0.354. The number of aliphatic hydroxyl groups is 6. The lowest BCUT2D eigenvalue weighted by molar-refractivity contribution is -0.280. The largest absolute Gasteiger partial charge is 0.393 e. The van der Waals surface area contributed by atoms with Gasteiger partial charge in [0.2, 0.25) is 0 Å². The van der Waals surface area contributed by atoms with E-state index < -0.39 is 47.5 Å². The number of hydrogen-bond donors (Lipinski definition) is 6. The minimum absolute atomic E-state index is 0.127. The van der Waals surface area contributed by atoms with Crippen molar-refractivity contribution in [1.82, 2.24) is 0 Å². The van der Waals surface area contributed by atoms with Crippen LogP contribution in [-0.2, 0) is 0 Å². The van der Waals surface area contributed by atoms with Crippen molar-refractivity contribution in [2.24, 2.45) is 46.3 Å². The predicted octanol–water partition coefficient (Wildman–Crippen LogP) is 2.24. The fourth-order valence-electron chi connectivity index (χ4n) is 9.09. The van der Waals surface area contributed by atoms with E-state index in [0.29, 0.717) is 19.3 Å². The Morgan fingerprint density at radius 3 is 2.12 bits per heavy atom. The molecule has 0 aromatic rings. The number of rotatable bonds is 4. The van der Waals surface area contributed by atoms with Gasteiger partial charge in [0.15, 0.2) is 0 Å². The number of allylic oxidation sites excluding steroid dienone is 1. The highest BCUT2D eigenvalue weighted by Gasteiger charge is 2.71. The second-order valence-electron chi connectivity index (χ2n) is 12.9. The third kappa shape index (κ3) is 3.75. The Hall–Kier alpha value is -0.500. The van der Waals surface area contributed by atoms with Gasteiger partial charge < -0.3 is 30.6 Å². The summed E-state index contributed by atoms with van der Waals surface area (Å²) in [5.74, 6) is -0.503. The first-order chi connectivity index (χ1) is 15.3. The van der Waals surface area contributed by atoms with E-state index in [2.05, 4.69) is 26.8 Å². The third-order valence-electron chi connectivity index (χ3n) is 10.7. The fraction of sp³-hybridized carbons (Fsp3) is 0.926. The van der Waals surface area contributed by atoms with Gasteiger partial charge in [-0.05, 0) is 66.6 Å². The lowest BCUT2D eigenvalue weighted by Crippen LogP contribution is -2.70. The molecule has 0 saturated heterocycles. The maximum atomic E-state index is 12.3. The van der Waals surface area contributed by atoms with E-state index in [4.69, 9.17) is 0 Å². The molecule has 0 aliphatic heterocycles. The molecule has 4 saturated carbocycles. The van der Waals surface area contributed by atoms with Crippen LogP contribution in [0.15, 0.2) is 12.2 Å². The SMILES string of the molecule is CC(C)[C@@H](O)/C=C/[C@@H](C)[C@H]1C[C@@H](O)[C@@H]2[C@]1(C)CC[C@@H]1[C@@]3(C)CC[C@H](O)[C@H](O)[C@@H]3[C@@H](O)C[C@]12O. The summed E-state index contributed by atoms with van der Waals surface area (Å²) in [6, 6.07) is 0. The van der Waals surface area contributed by atoms with Crippen molar-refractivity contribution in [3.8, 4) is 0 Å². The molecule has 0 aromatic carbocycles.